The number of amides is 1. The number of fused-ring (bicyclic) bond motifs is 1. The molecule has 1 atom stereocenters. The number of halogens is 1. The van der Waals surface area contributed by atoms with E-state index in [1.807, 2.05) is 34.0 Å². The summed E-state index contributed by atoms with van der Waals surface area (Å²) >= 11 is 3.57. The first kappa shape index (κ1) is 24.5. The van der Waals surface area contributed by atoms with E-state index in [9.17, 15) is 4.79 Å². The summed E-state index contributed by atoms with van der Waals surface area (Å²) in [4.78, 5) is 23.6. The summed E-state index contributed by atoms with van der Waals surface area (Å²) in [5, 5.41) is 5.04. The monoisotopic (exact) mass is 545 g/mol. The predicted octanol–water partition coefficient (Wildman–Crippen LogP) is 6.79. The second-order valence-electron chi connectivity index (χ2n) is 9.35. The Morgan fingerprint density at radius 1 is 0.972 bits per heavy atom. The van der Waals surface area contributed by atoms with Crippen LogP contribution in [0.25, 0.3) is 11.3 Å². The average Bonchev–Trinajstić information content (AvgIpc) is 3.61. The lowest BCUT2D eigenvalue weighted by atomic mass is 9.96. The molecule has 1 aliphatic heterocycles. The van der Waals surface area contributed by atoms with E-state index in [1.54, 1.807) is 6.20 Å². The van der Waals surface area contributed by atoms with Crippen LogP contribution in [0.3, 0.4) is 0 Å². The van der Waals surface area contributed by atoms with Gasteiger partial charge in [-0.15, -0.1) is 0 Å². The molecule has 4 aromatic rings. The Balaban J connectivity index is 1.55. The average molecular weight is 547 g/mol. The van der Waals surface area contributed by atoms with E-state index < -0.39 is 0 Å². The summed E-state index contributed by atoms with van der Waals surface area (Å²) in [7, 11) is 0. The van der Waals surface area contributed by atoms with Crippen LogP contribution in [0.2, 0.25) is 0 Å². The van der Waals surface area contributed by atoms with Gasteiger partial charge in [0.2, 0.25) is 0 Å². The zero-order valence-corrected chi connectivity index (χ0v) is 22.2. The number of H-pyrrole nitrogens is 1. The van der Waals surface area contributed by atoms with E-state index in [0.29, 0.717) is 6.54 Å². The van der Waals surface area contributed by atoms with Crippen LogP contribution in [-0.2, 0) is 13.0 Å². The van der Waals surface area contributed by atoms with Gasteiger partial charge in [0, 0.05) is 47.5 Å². The van der Waals surface area contributed by atoms with E-state index in [1.165, 1.54) is 12.8 Å². The van der Waals surface area contributed by atoms with Crippen molar-refractivity contribution in [3.63, 3.8) is 0 Å². The van der Waals surface area contributed by atoms with Gasteiger partial charge in [0.15, 0.2) is 0 Å². The summed E-state index contributed by atoms with van der Waals surface area (Å²) in [5.74, 6) is 1.02. The van der Waals surface area contributed by atoms with Gasteiger partial charge in [0.25, 0.3) is 5.91 Å². The fraction of sp³-hybridized carbons (Fsp3) is 0.345. The second-order valence-corrected chi connectivity index (χ2v) is 10.3. The summed E-state index contributed by atoms with van der Waals surface area (Å²) in [5.41, 5.74) is 4.84. The molecule has 3 heterocycles. The first-order valence-corrected chi connectivity index (χ1v) is 13.7. The van der Waals surface area contributed by atoms with E-state index in [0.717, 1.165) is 70.6 Å². The Kier molecular flexibility index (Phi) is 7.66. The molecule has 6 nitrogen and oxygen atoms in total. The minimum absolute atomic E-state index is 0.0718. The maximum atomic E-state index is 14.0. The van der Waals surface area contributed by atoms with Crippen LogP contribution < -0.4 is 0 Å². The molecule has 5 rings (SSSR count). The largest absolute Gasteiger partial charge is 0.349 e. The van der Waals surface area contributed by atoms with Gasteiger partial charge >= 0.3 is 0 Å². The highest BCUT2D eigenvalue weighted by atomic mass is 79.9. The molecule has 7 heteroatoms. The Labute approximate surface area is 220 Å². The standard InChI is InChI=1S/C29H32BrN5O/c1-2-3-4-8-20-35-28-25(26(33-35)21-10-6-5-7-11-21)27(22-13-15-23(30)16-14-22)34(29(28)36)19-9-12-24-31-17-18-32-24/h5-7,10-11,13-18,27H,2-4,8-9,12,19-20H2,1H3,(H,31,32). The molecule has 1 amide bonds. The van der Waals surface area contributed by atoms with Crippen molar-refractivity contribution >= 4 is 21.8 Å². The molecule has 36 heavy (non-hydrogen) atoms. The van der Waals surface area contributed by atoms with Gasteiger partial charge in [0.1, 0.15) is 11.5 Å². The number of imidazole rings is 1. The topological polar surface area (TPSA) is 66.8 Å². The van der Waals surface area contributed by atoms with Crippen molar-refractivity contribution in [3.8, 4) is 11.3 Å². The zero-order chi connectivity index (χ0) is 24.9. The number of hydrogen-bond donors (Lipinski definition) is 1. The molecule has 0 fully saturated rings. The lowest BCUT2D eigenvalue weighted by molar-refractivity contribution is 0.0736. The lowest BCUT2D eigenvalue weighted by Gasteiger charge is -2.26. The van der Waals surface area contributed by atoms with Crippen LogP contribution >= 0.6 is 15.9 Å². The third-order valence-electron chi connectivity index (χ3n) is 6.86. The van der Waals surface area contributed by atoms with Crippen LogP contribution in [0.4, 0.5) is 0 Å². The van der Waals surface area contributed by atoms with E-state index in [4.69, 9.17) is 5.10 Å². The number of rotatable bonds is 11. The fourth-order valence-corrected chi connectivity index (χ4v) is 5.37. The van der Waals surface area contributed by atoms with Gasteiger partial charge in [-0.3, -0.25) is 9.48 Å². The fourth-order valence-electron chi connectivity index (χ4n) is 5.10. The van der Waals surface area contributed by atoms with E-state index in [2.05, 4.69) is 69.2 Å². The zero-order valence-electron chi connectivity index (χ0n) is 20.7. The molecule has 1 N–H and O–H groups in total. The van der Waals surface area contributed by atoms with E-state index in [-0.39, 0.29) is 11.9 Å². The third kappa shape index (κ3) is 5.03. The van der Waals surface area contributed by atoms with E-state index >= 15 is 0 Å². The van der Waals surface area contributed by atoms with Crippen LogP contribution in [0.1, 0.15) is 72.5 Å². The van der Waals surface area contributed by atoms with Crippen LogP contribution in [-0.4, -0.2) is 37.1 Å². The number of aryl methyl sites for hydroxylation is 2. The lowest BCUT2D eigenvalue weighted by Crippen LogP contribution is -2.31. The Morgan fingerprint density at radius 3 is 2.50 bits per heavy atom. The molecule has 0 saturated carbocycles. The van der Waals surface area contributed by atoms with Gasteiger partial charge < -0.3 is 9.88 Å². The highest BCUT2D eigenvalue weighted by molar-refractivity contribution is 9.10. The van der Waals surface area contributed by atoms with Crippen molar-refractivity contribution < 1.29 is 4.79 Å². The van der Waals surface area contributed by atoms with Gasteiger partial charge in [0.05, 0.1) is 11.7 Å². The SMILES string of the molecule is CCCCCCn1nc(-c2ccccc2)c2c1C(=O)N(CCCc1ncc[nH]1)C2c1ccc(Br)cc1. The van der Waals surface area contributed by atoms with Gasteiger partial charge in [-0.2, -0.15) is 5.10 Å². The summed E-state index contributed by atoms with van der Waals surface area (Å²) in [6, 6.07) is 18.4. The molecule has 1 unspecified atom stereocenters. The Morgan fingerprint density at radius 2 is 1.78 bits per heavy atom. The minimum atomic E-state index is -0.170. The quantitative estimate of drug-likeness (QED) is 0.211. The van der Waals surface area contributed by atoms with Gasteiger partial charge in [-0.05, 0) is 30.5 Å². The summed E-state index contributed by atoms with van der Waals surface area (Å²) < 4.78 is 3.00. The first-order valence-electron chi connectivity index (χ1n) is 12.9. The predicted molar refractivity (Wildman–Crippen MR) is 146 cm³/mol. The molecule has 2 aromatic heterocycles. The Hall–Kier alpha value is -3.19. The Bertz CT molecular complexity index is 1280. The number of hydrogen-bond acceptors (Lipinski definition) is 3. The number of aromatic amines is 1. The number of unbranched alkanes of at least 4 members (excludes halogenated alkanes) is 3. The summed E-state index contributed by atoms with van der Waals surface area (Å²) in [6.07, 6.45) is 9.79. The van der Waals surface area contributed by atoms with Crippen LogP contribution in [0.15, 0.2) is 71.5 Å². The maximum Gasteiger partial charge on any atom is 0.273 e. The van der Waals surface area contributed by atoms with Gasteiger partial charge in [-0.25, -0.2) is 4.98 Å². The molecule has 0 bridgehead atoms. The number of nitrogens with one attached hydrogen (secondary N) is 1. The van der Waals surface area contributed by atoms with Crippen molar-refractivity contribution in [1.82, 2.24) is 24.6 Å². The minimum Gasteiger partial charge on any atom is -0.349 e. The molecule has 2 aromatic carbocycles. The number of nitrogens with zero attached hydrogens (tertiary/aromatic N) is 4. The van der Waals surface area contributed by atoms with Crippen LogP contribution in [0, 0.1) is 0 Å². The highest BCUT2D eigenvalue weighted by Crippen LogP contribution is 2.44. The number of carbonyl (C=O) groups excluding carboxylic acids is 1. The van der Waals surface area contributed by atoms with Gasteiger partial charge in [-0.1, -0.05) is 84.6 Å². The van der Waals surface area contributed by atoms with Crippen molar-refractivity contribution in [2.24, 2.45) is 0 Å². The maximum absolute atomic E-state index is 14.0. The molecule has 1 aliphatic rings. The molecular formula is C29H32BrN5O. The number of benzene rings is 2. The molecule has 0 aliphatic carbocycles. The molecule has 0 radical (unpaired) electrons. The molecular weight excluding hydrogens is 514 g/mol. The van der Waals surface area contributed by atoms with Crippen molar-refractivity contribution in [2.45, 2.75) is 58.0 Å². The molecule has 0 spiro atoms. The first-order chi connectivity index (χ1) is 17.7. The third-order valence-corrected chi connectivity index (χ3v) is 7.39. The normalized spacial score (nSPS) is 15.0. The molecule has 186 valence electrons. The highest BCUT2D eigenvalue weighted by Gasteiger charge is 2.43. The molecule has 0 saturated heterocycles. The number of aromatic nitrogens is 4. The number of carbonyl (C=O) groups is 1. The van der Waals surface area contributed by atoms with Crippen molar-refractivity contribution in [1.29, 1.82) is 0 Å². The summed E-state index contributed by atoms with van der Waals surface area (Å²) in [6.45, 7) is 3.62. The van der Waals surface area contributed by atoms with Crippen molar-refractivity contribution in [2.75, 3.05) is 6.54 Å². The van der Waals surface area contributed by atoms with Crippen LogP contribution in [0.5, 0.6) is 0 Å². The smallest absolute Gasteiger partial charge is 0.273 e. The second kappa shape index (κ2) is 11.2. The van der Waals surface area contributed by atoms with Crippen molar-refractivity contribution in [3.05, 3.63) is 94.1 Å².